The Morgan fingerprint density at radius 3 is 2.20 bits per heavy atom. The molecule has 0 aliphatic carbocycles. The highest BCUT2D eigenvalue weighted by Crippen LogP contribution is 2.38. The molecule has 44 heavy (non-hydrogen) atoms. The lowest BCUT2D eigenvalue weighted by Crippen LogP contribution is -2.27. The van der Waals surface area contributed by atoms with E-state index >= 15 is 0 Å². The lowest BCUT2D eigenvalue weighted by molar-refractivity contribution is -0.124. The summed E-state index contributed by atoms with van der Waals surface area (Å²) in [5, 5.41) is 27.8. The summed E-state index contributed by atoms with van der Waals surface area (Å²) in [4.78, 5) is 34.7. The Morgan fingerprint density at radius 2 is 1.48 bits per heavy atom. The summed E-state index contributed by atoms with van der Waals surface area (Å²) in [7, 11) is 0. The van der Waals surface area contributed by atoms with Gasteiger partial charge in [-0.3, -0.25) is 14.6 Å². The smallest absolute Gasteiger partial charge is 0.224 e. The number of rotatable bonds is 17. The normalized spacial score (nSPS) is 13.0. The Bertz CT molecular complexity index is 1420. The first kappa shape index (κ1) is 32.3. The van der Waals surface area contributed by atoms with Gasteiger partial charge in [0, 0.05) is 49.1 Å². The quantitative estimate of drug-likeness (QED) is 0.108. The Hall–Kier alpha value is -4.60. The maximum Gasteiger partial charge on any atom is 0.224 e. The van der Waals surface area contributed by atoms with Crippen LogP contribution in [0.5, 0.6) is 0 Å². The summed E-state index contributed by atoms with van der Waals surface area (Å²) in [5.74, 6) is 0.134. The average molecular weight is 596 g/mol. The summed E-state index contributed by atoms with van der Waals surface area (Å²) in [6.07, 6.45) is 5.47. The molecule has 0 bridgehead atoms. The zero-order valence-electron chi connectivity index (χ0n) is 24.8. The molecule has 3 atom stereocenters. The molecule has 0 saturated heterocycles. The first-order chi connectivity index (χ1) is 21.5. The van der Waals surface area contributed by atoms with Crippen LogP contribution in [0.25, 0.3) is 0 Å². The van der Waals surface area contributed by atoms with Crippen molar-refractivity contribution in [2.75, 3.05) is 23.8 Å². The van der Waals surface area contributed by atoms with Gasteiger partial charge in [-0.15, -0.1) is 0 Å². The number of aliphatic hydroxyl groups excluding tert-OH is 2. The van der Waals surface area contributed by atoms with Gasteiger partial charge in [0.05, 0.1) is 18.8 Å². The first-order valence-corrected chi connectivity index (χ1v) is 15.1. The van der Waals surface area contributed by atoms with Crippen molar-refractivity contribution in [2.24, 2.45) is 0 Å². The van der Waals surface area contributed by atoms with Gasteiger partial charge in [0.1, 0.15) is 5.82 Å². The van der Waals surface area contributed by atoms with Crippen LogP contribution in [0.15, 0.2) is 103 Å². The number of benzene rings is 2. The fourth-order valence-electron chi connectivity index (χ4n) is 5.09. The number of aliphatic hydroxyl groups is 2. The molecule has 2 amide bonds. The topological polar surface area (TPSA) is 136 Å². The Morgan fingerprint density at radius 1 is 0.773 bits per heavy atom. The van der Waals surface area contributed by atoms with Gasteiger partial charge in [-0.2, -0.15) is 0 Å². The van der Waals surface area contributed by atoms with Crippen LogP contribution in [-0.2, 0) is 16.0 Å². The van der Waals surface area contributed by atoms with Crippen LogP contribution in [0.1, 0.15) is 60.9 Å². The summed E-state index contributed by atoms with van der Waals surface area (Å²) in [5.41, 5.74) is 3.61. The lowest BCUT2D eigenvalue weighted by atomic mass is 9.84. The largest absolute Gasteiger partial charge is 0.394 e. The van der Waals surface area contributed by atoms with E-state index in [4.69, 9.17) is 10.1 Å². The van der Waals surface area contributed by atoms with E-state index < -0.39 is 6.10 Å². The summed E-state index contributed by atoms with van der Waals surface area (Å²) >= 11 is 0. The molecule has 0 radical (unpaired) electrons. The molecule has 9 heteroatoms. The van der Waals surface area contributed by atoms with Crippen molar-refractivity contribution in [1.82, 2.24) is 15.3 Å². The van der Waals surface area contributed by atoms with Gasteiger partial charge in [0.25, 0.3) is 0 Å². The van der Waals surface area contributed by atoms with Crippen LogP contribution in [0.2, 0.25) is 0 Å². The van der Waals surface area contributed by atoms with Gasteiger partial charge < -0.3 is 26.2 Å². The number of aromatic nitrogens is 2. The number of pyridine rings is 2. The highest BCUT2D eigenvalue weighted by molar-refractivity contribution is 5.94. The van der Waals surface area contributed by atoms with Crippen molar-refractivity contribution in [2.45, 2.75) is 56.6 Å². The Balaban J connectivity index is 1.51. The second kappa shape index (κ2) is 17.5. The van der Waals surface area contributed by atoms with Gasteiger partial charge in [0.2, 0.25) is 11.8 Å². The van der Waals surface area contributed by atoms with Crippen LogP contribution < -0.4 is 16.0 Å². The molecule has 0 saturated carbocycles. The summed E-state index contributed by atoms with van der Waals surface area (Å²) in [6, 6.07) is 29.3. The number of anilines is 2. The van der Waals surface area contributed by atoms with E-state index in [9.17, 15) is 14.7 Å². The van der Waals surface area contributed by atoms with Gasteiger partial charge >= 0.3 is 0 Å². The molecule has 2 aromatic carbocycles. The maximum atomic E-state index is 13.1. The molecule has 0 aliphatic heterocycles. The van der Waals surface area contributed by atoms with Crippen molar-refractivity contribution >= 4 is 23.3 Å². The molecule has 9 nitrogen and oxygen atoms in total. The highest BCUT2D eigenvalue weighted by Gasteiger charge is 2.29. The van der Waals surface area contributed by atoms with Crippen LogP contribution in [-0.4, -0.2) is 51.3 Å². The van der Waals surface area contributed by atoms with E-state index in [1.807, 2.05) is 78.9 Å². The average Bonchev–Trinajstić information content (AvgIpc) is 3.07. The molecule has 2 aromatic heterocycles. The fraction of sp³-hybridized carbons (Fsp3) is 0.314. The number of amides is 2. The molecule has 4 aromatic rings. The molecule has 4 rings (SSSR count). The predicted molar refractivity (Wildman–Crippen MR) is 172 cm³/mol. The molecule has 0 spiro atoms. The van der Waals surface area contributed by atoms with Crippen molar-refractivity contribution in [1.29, 1.82) is 0 Å². The molecule has 3 unspecified atom stereocenters. The zero-order valence-corrected chi connectivity index (χ0v) is 24.8. The van der Waals surface area contributed by atoms with Crippen molar-refractivity contribution in [3.8, 4) is 0 Å². The van der Waals surface area contributed by atoms with E-state index in [2.05, 4.69) is 33.1 Å². The number of carbonyl (C=O) groups excluding carboxylic acids is 2. The van der Waals surface area contributed by atoms with Crippen LogP contribution in [0.4, 0.5) is 11.5 Å². The predicted octanol–water partition coefficient (Wildman–Crippen LogP) is 5.01. The van der Waals surface area contributed by atoms with Gasteiger partial charge in [-0.25, -0.2) is 4.98 Å². The monoisotopic (exact) mass is 595 g/mol. The first-order valence-electron chi connectivity index (χ1n) is 15.1. The van der Waals surface area contributed by atoms with Crippen molar-refractivity contribution < 1.29 is 19.8 Å². The fourth-order valence-corrected chi connectivity index (χ4v) is 5.09. The number of hydrogen-bond donors (Lipinski definition) is 5. The number of unbranched alkanes of at least 4 members (excludes halogenated alkanes) is 1. The molecule has 2 heterocycles. The number of hydrogen-bond acceptors (Lipinski definition) is 7. The number of carbonyl (C=O) groups is 2. The van der Waals surface area contributed by atoms with E-state index in [0.29, 0.717) is 43.7 Å². The van der Waals surface area contributed by atoms with Crippen molar-refractivity contribution in [3.63, 3.8) is 0 Å². The minimum atomic E-state index is -0.728. The van der Waals surface area contributed by atoms with Crippen LogP contribution in [0.3, 0.4) is 0 Å². The Labute approximate surface area is 258 Å². The maximum absolute atomic E-state index is 13.1. The van der Waals surface area contributed by atoms with Gasteiger partial charge in [-0.05, 0) is 67.1 Å². The molecular formula is C35H41N5O4. The number of nitrogens with zero attached hydrogens (tertiary/aromatic N) is 2. The van der Waals surface area contributed by atoms with E-state index in [1.54, 1.807) is 12.4 Å². The second-order valence-corrected chi connectivity index (χ2v) is 10.7. The van der Waals surface area contributed by atoms with E-state index in [0.717, 1.165) is 16.8 Å². The Kier molecular flexibility index (Phi) is 12.9. The lowest BCUT2D eigenvalue weighted by Gasteiger charge is -2.30. The molecule has 0 aliphatic rings. The minimum Gasteiger partial charge on any atom is -0.394 e. The van der Waals surface area contributed by atoms with E-state index in [-0.39, 0.29) is 43.2 Å². The van der Waals surface area contributed by atoms with Gasteiger partial charge in [-0.1, -0.05) is 60.7 Å². The van der Waals surface area contributed by atoms with Crippen LogP contribution in [0, 0.1) is 0 Å². The van der Waals surface area contributed by atoms with Gasteiger partial charge in [0.15, 0.2) is 0 Å². The van der Waals surface area contributed by atoms with Crippen molar-refractivity contribution in [3.05, 3.63) is 120 Å². The van der Waals surface area contributed by atoms with Crippen LogP contribution >= 0.6 is 0 Å². The highest BCUT2D eigenvalue weighted by atomic mass is 16.3. The minimum absolute atomic E-state index is 0.0371. The number of nitrogens with one attached hydrogen (secondary N) is 3. The summed E-state index contributed by atoms with van der Waals surface area (Å²) in [6.45, 7) is 0.194. The second-order valence-electron chi connectivity index (χ2n) is 10.7. The molecule has 230 valence electrons. The third-order valence-corrected chi connectivity index (χ3v) is 7.38. The molecular weight excluding hydrogens is 554 g/mol. The SMILES string of the molecule is O=C(CCC(=O)Nc1ccccc1C(Nc1ccccn1)C(Cc1ccccc1)c1ccccn1)NCCCCC(O)CO. The standard InChI is InChI=1S/C35H41N5O4/c41-25-27(42)14-6-9-23-38-33(43)19-20-34(44)39-31-17-5-4-15-28(31)35(40-32-18-8-11-22-37-32)29(30-16-7-10-21-36-30)24-26-12-2-1-3-13-26/h1-5,7-8,10-13,15-18,21-22,27,29,35,41-42H,6,9,14,19-20,23-25H2,(H,37,40)(H,38,43)(H,39,44). The molecule has 5 N–H and O–H groups in total. The summed E-state index contributed by atoms with van der Waals surface area (Å²) < 4.78 is 0. The third kappa shape index (κ3) is 10.3. The number of para-hydroxylation sites is 1. The third-order valence-electron chi connectivity index (χ3n) is 7.38. The molecule has 0 fully saturated rings. The van der Waals surface area contributed by atoms with E-state index in [1.165, 1.54) is 0 Å². The zero-order chi connectivity index (χ0) is 31.0.